The summed E-state index contributed by atoms with van der Waals surface area (Å²) in [5.74, 6) is 1.33. The van der Waals surface area contributed by atoms with Gasteiger partial charge in [-0.2, -0.15) is 0 Å². The first-order valence-electron chi connectivity index (χ1n) is 11.2. The molecule has 3 aromatic rings. The molecule has 176 valence electrons. The third-order valence-electron chi connectivity index (χ3n) is 6.11. The van der Waals surface area contributed by atoms with Crippen LogP contribution in [0, 0.1) is 12.7 Å². The van der Waals surface area contributed by atoms with E-state index < -0.39 is 5.72 Å². The molecule has 6 nitrogen and oxygen atoms in total. The molecule has 2 aliphatic rings. The van der Waals surface area contributed by atoms with E-state index in [4.69, 9.17) is 9.57 Å². The number of imidazole rings is 1. The summed E-state index contributed by atoms with van der Waals surface area (Å²) in [5.41, 5.74) is 4.15. The molecule has 0 radical (unpaired) electrons. The van der Waals surface area contributed by atoms with Gasteiger partial charge in [0.15, 0.2) is 5.84 Å². The number of aryl methyl sites for hydroxylation is 1. The van der Waals surface area contributed by atoms with E-state index in [1.165, 1.54) is 12.1 Å². The standard InChI is InChI=1S/C25H25FN4O2.C2H4/c1-17-15-29(16-27-17)22-11-6-18(14-23(22)31-3)13-19-5-4-12-30-24(19)28-32-25(30,2)20-7-9-21(26)10-8-20;1-2/h6-11,13-16H,4-5,12H2,1-3H3;1-2H2/b19-13+;. The van der Waals surface area contributed by atoms with E-state index in [0.717, 1.165) is 59.1 Å². The molecule has 2 aliphatic heterocycles. The van der Waals surface area contributed by atoms with E-state index in [1.54, 1.807) is 25.6 Å². The Morgan fingerprint density at radius 3 is 2.62 bits per heavy atom. The van der Waals surface area contributed by atoms with Gasteiger partial charge in [-0.1, -0.05) is 23.4 Å². The molecule has 0 aliphatic carbocycles. The van der Waals surface area contributed by atoms with E-state index in [2.05, 4.69) is 40.3 Å². The van der Waals surface area contributed by atoms with Crippen LogP contribution < -0.4 is 4.74 Å². The van der Waals surface area contributed by atoms with Gasteiger partial charge in [0.2, 0.25) is 5.72 Å². The normalized spacial score (nSPS) is 20.2. The Labute approximate surface area is 199 Å². The van der Waals surface area contributed by atoms with E-state index >= 15 is 0 Å². The zero-order chi connectivity index (χ0) is 24.3. The minimum Gasteiger partial charge on any atom is -0.495 e. The maximum absolute atomic E-state index is 13.4. The van der Waals surface area contributed by atoms with Crippen molar-refractivity contribution in [3.63, 3.8) is 0 Å². The van der Waals surface area contributed by atoms with Gasteiger partial charge in [-0.3, -0.25) is 0 Å². The number of halogens is 1. The highest BCUT2D eigenvalue weighted by atomic mass is 19.1. The summed E-state index contributed by atoms with van der Waals surface area (Å²) in [6.45, 7) is 10.8. The highest BCUT2D eigenvalue weighted by molar-refractivity contribution is 6.03. The van der Waals surface area contributed by atoms with Gasteiger partial charge in [-0.05, 0) is 61.2 Å². The predicted octanol–water partition coefficient (Wildman–Crippen LogP) is 5.83. The Morgan fingerprint density at radius 2 is 1.94 bits per heavy atom. The molecular weight excluding hydrogens is 431 g/mol. The number of hydrogen-bond acceptors (Lipinski definition) is 5. The third-order valence-corrected chi connectivity index (χ3v) is 6.11. The first kappa shape index (κ1) is 23.3. The van der Waals surface area contributed by atoms with Crippen molar-refractivity contribution < 1.29 is 14.0 Å². The van der Waals surface area contributed by atoms with Gasteiger partial charge in [0, 0.05) is 25.2 Å². The first-order valence-corrected chi connectivity index (χ1v) is 11.2. The fraction of sp³-hybridized carbons (Fsp3) is 0.259. The second-order valence-electron chi connectivity index (χ2n) is 8.27. The molecule has 1 aromatic heterocycles. The van der Waals surface area contributed by atoms with Crippen molar-refractivity contribution in [2.24, 2.45) is 5.16 Å². The maximum Gasteiger partial charge on any atom is 0.234 e. The number of methoxy groups -OCH3 is 1. The number of hydrogen-bond donors (Lipinski definition) is 0. The Kier molecular flexibility index (Phi) is 6.54. The van der Waals surface area contributed by atoms with Crippen LogP contribution in [0.2, 0.25) is 0 Å². The summed E-state index contributed by atoms with van der Waals surface area (Å²) < 4.78 is 21.0. The number of piperidine rings is 1. The number of ether oxygens (including phenoxy) is 1. The molecule has 7 heteroatoms. The zero-order valence-corrected chi connectivity index (χ0v) is 19.8. The monoisotopic (exact) mass is 460 g/mol. The quantitative estimate of drug-likeness (QED) is 0.460. The molecule has 0 saturated carbocycles. The molecule has 1 saturated heterocycles. The fourth-order valence-electron chi connectivity index (χ4n) is 4.38. The molecule has 0 amide bonds. The number of fused-ring (bicyclic) bond motifs is 1. The van der Waals surface area contributed by atoms with E-state index in [9.17, 15) is 4.39 Å². The Morgan fingerprint density at radius 1 is 1.18 bits per heavy atom. The highest BCUT2D eigenvalue weighted by Gasteiger charge is 2.45. The molecule has 0 N–H and O–H groups in total. The van der Waals surface area contributed by atoms with E-state index in [0.29, 0.717) is 0 Å². The van der Waals surface area contributed by atoms with Crippen molar-refractivity contribution in [1.82, 2.24) is 14.5 Å². The lowest BCUT2D eigenvalue weighted by atomic mass is 9.95. The molecule has 1 fully saturated rings. The summed E-state index contributed by atoms with van der Waals surface area (Å²) in [5, 5.41) is 4.43. The number of nitrogens with zero attached hydrogens (tertiary/aromatic N) is 4. The lowest BCUT2D eigenvalue weighted by Gasteiger charge is -2.37. The van der Waals surface area contributed by atoms with Crippen LogP contribution in [0.1, 0.15) is 36.6 Å². The predicted molar refractivity (Wildman–Crippen MR) is 132 cm³/mol. The average Bonchev–Trinajstić information content (AvgIpc) is 3.45. The van der Waals surface area contributed by atoms with E-state index in [1.807, 2.05) is 36.7 Å². The van der Waals surface area contributed by atoms with Gasteiger partial charge >= 0.3 is 0 Å². The third kappa shape index (κ3) is 4.21. The number of rotatable bonds is 4. The topological polar surface area (TPSA) is 51.9 Å². The summed E-state index contributed by atoms with van der Waals surface area (Å²) >= 11 is 0. The van der Waals surface area contributed by atoms with Gasteiger partial charge < -0.3 is 19.0 Å². The number of amidine groups is 1. The molecular formula is C27H29FN4O2. The number of aromatic nitrogens is 2. The van der Waals surface area contributed by atoms with Gasteiger partial charge in [0.1, 0.15) is 11.6 Å². The van der Waals surface area contributed by atoms with Gasteiger partial charge in [0.05, 0.1) is 24.8 Å². The average molecular weight is 461 g/mol. The van der Waals surface area contributed by atoms with Crippen LogP contribution >= 0.6 is 0 Å². The molecule has 34 heavy (non-hydrogen) atoms. The molecule has 1 unspecified atom stereocenters. The van der Waals surface area contributed by atoms with Crippen LogP contribution in [0.25, 0.3) is 11.8 Å². The SMILES string of the molecule is C=C.COc1cc(/C=C2\CCCN3C2=NOC3(C)c2ccc(F)cc2)ccc1-n1cnc(C)c1. The van der Waals surface area contributed by atoms with Crippen molar-refractivity contribution in [1.29, 1.82) is 0 Å². The van der Waals surface area contributed by atoms with Crippen molar-refractivity contribution in [2.75, 3.05) is 13.7 Å². The van der Waals surface area contributed by atoms with Crippen LogP contribution in [0.15, 0.2) is 78.9 Å². The Hall–Kier alpha value is -3.87. The van der Waals surface area contributed by atoms with Crippen LogP contribution in [0.3, 0.4) is 0 Å². The van der Waals surface area contributed by atoms with Crippen molar-refractivity contribution in [3.05, 3.63) is 96.4 Å². The fourth-order valence-corrected chi connectivity index (χ4v) is 4.38. The van der Waals surface area contributed by atoms with Crippen molar-refractivity contribution in [3.8, 4) is 11.4 Å². The van der Waals surface area contributed by atoms with Crippen LogP contribution in [0.4, 0.5) is 4.39 Å². The first-order chi connectivity index (χ1) is 16.5. The largest absolute Gasteiger partial charge is 0.495 e. The minimum atomic E-state index is -0.747. The number of benzene rings is 2. The van der Waals surface area contributed by atoms with Crippen LogP contribution in [0.5, 0.6) is 5.75 Å². The molecule has 0 bridgehead atoms. The lowest BCUT2D eigenvalue weighted by Crippen LogP contribution is -2.46. The Balaban J connectivity index is 0.00000133. The van der Waals surface area contributed by atoms with Crippen LogP contribution in [-0.2, 0) is 10.6 Å². The van der Waals surface area contributed by atoms with Gasteiger partial charge in [-0.25, -0.2) is 9.37 Å². The minimum absolute atomic E-state index is 0.265. The van der Waals surface area contributed by atoms with Crippen molar-refractivity contribution >= 4 is 11.9 Å². The zero-order valence-electron chi connectivity index (χ0n) is 19.8. The van der Waals surface area contributed by atoms with E-state index in [-0.39, 0.29) is 5.82 Å². The summed E-state index contributed by atoms with van der Waals surface area (Å²) in [6.07, 6.45) is 7.77. The molecule has 3 heterocycles. The molecule has 0 spiro atoms. The van der Waals surface area contributed by atoms with Crippen LogP contribution in [-0.4, -0.2) is 33.9 Å². The summed E-state index contributed by atoms with van der Waals surface area (Å²) in [6, 6.07) is 12.5. The smallest absolute Gasteiger partial charge is 0.234 e. The molecule has 5 rings (SSSR count). The summed E-state index contributed by atoms with van der Waals surface area (Å²) in [7, 11) is 1.67. The Bertz CT molecular complexity index is 1230. The second-order valence-corrected chi connectivity index (χ2v) is 8.27. The molecule has 2 aromatic carbocycles. The highest BCUT2D eigenvalue weighted by Crippen LogP contribution is 2.40. The second kappa shape index (κ2) is 9.55. The van der Waals surface area contributed by atoms with Gasteiger partial charge in [-0.15, -0.1) is 13.2 Å². The lowest BCUT2D eigenvalue weighted by molar-refractivity contribution is -0.0913. The number of oxime groups is 1. The van der Waals surface area contributed by atoms with Crippen molar-refractivity contribution in [2.45, 2.75) is 32.4 Å². The maximum atomic E-state index is 13.4. The van der Waals surface area contributed by atoms with Gasteiger partial charge in [0.25, 0.3) is 0 Å². The summed E-state index contributed by atoms with van der Waals surface area (Å²) in [4.78, 5) is 12.4. The molecule has 1 atom stereocenters.